The van der Waals surface area contributed by atoms with Crippen molar-refractivity contribution in [2.45, 2.75) is 19.0 Å². The Morgan fingerprint density at radius 3 is 2.85 bits per heavy atom. The molecule has 1 fully saturated rings. The van der Waals surface area contributed by atoms with Gasteiger partial charge in [0.05, 0.1) is 6.04 Å². The number of hydrogen-bond acceptors (Lipinski definition) is 3. The van der Waals surface area contributed by atoms with Gasteiger partial charge in [0.25, 0.3) is 0 Å². The third-order valence-corrected chi connectivity index (χ3v) is 4.04. The molecule has 112 valence electrons. The van der Waals surface area contributed by atoms with Gasteiger partial charge in [0.15, 0.2) is 0 Å². The average Bonchev–Trinajstić information content (AvgIpc) is 2.37. The molecule has 1 aliphatic heterocycles. The molecule has 5 heteroatoms. The van der Waals surface area contributed by atoms with Crippen molar-refractivity contribution in [1.82, 2.24) is 15.1 Å². The first kappa shape index (κ1) is 15.7. The first-order chi connectivity index (χ1) is 9.49. The second kappa shape index (κ2) is 6.85. The molecule has 2 atom stereocenters. The average molecular weight is 300 g/mol. The number of likely N-dealkylation sites (N-methyl/N-ethyl adjacent to an activating group) is 1. The molecule has 0 radical (unpaired) electrons. The maximum Gasteiger partial charge on any atom is 0.129 e. The van der Waals surface area contributed by atoms with Crippen molar-refractivity contribution < 1.29 is 4.39 Å². The van der Waals surface area contributed by atoms with E-state index in [4.69, 9.17) is 11.6 Å². The highest BCUT2D eigenvalue weighted by molar-refractivity contribution is 6.31. The highest BCUT2D eigenvalue weighted by Crippen LogP contribution is 2.31. The van der Waals surface area contributed by atoms with Gasteiger partial charge in [-0.2, -0.15) is 0 Å². The molecule has 1 aromatic carbocycles. The highest BCUT2D eigenvalue weighted by atomic mass is 35.5. The number of piperazine rings is 1. The molecule has 2 unspecified atom stereocenters. The summed E-state index contributed by atoms with van der Waals surface area (Å²) in [4.78, 5) is 4.41. The number of hydrogen-bond donors (Lipinski definition) is 1. The van der Waals surface area contributed by atoms with E-state index in [2.05, 4.69) is 22.0 Å². The van der Waals surface area contributed by atoms with Gasteiger partial charge in [-0.15, -0.1) is 0 Å². The number of nitrogens with one attached hydrogen (secondary N) is 1. The minimum atomic E-state index is -0.212. The van der Waals surface area contributed by atoms with E-state index in [1.807, 2.05) is 14.1 Å². The summed E-state index contributed by atoms with van der Waals surface area (Å²) in [7, 11) is 4.01. The molecule has 0 bridgehead atoms. The van der Waals surface area contributed by atoms with E-state index >= 15 is 0 Å². The molecule has 1 saturated heterocycles. The van der Waals surface area contributed by atoms with Crippen molar-refractivity contribution in [2.24, 2.45) is 0 Å². The number of rotatable bonds is 4. The summed E-state index contributed by atoms with van der Waals surface area (Å²) in [6.07, 6.45) is 0. The SMILES string of the molecule is CC1CN(C(CN(C)C)c2c(F)cccc2Cl)CCN1. The van der Waals surface area contributed by atoms with Crippen molar-refractivity contribution in [1.29, 1.82) is 0 Å². The molecule has 2 rings (SSSR count). The van der Waals surface area contributed by atoms with Gasteiger partial charge in [0, 0.05) is 42.8 Å². The Bertz CT molecular complexity index is 432. The zero-order valence-electron chi connectivity index (χ0n) is 12.4. The number of halogens is 2. The molecule has 0 aromatic heterocycles. The lowest BCUT2D eigenvalue weighted by Crippen LogP contribution is -2.52. The Balaban J connectivity index is 2.31. The molecule has 1 aromatic rings. The lowest BCUT2D eigenvalue weighted by atomic mass is 10.0. The second-order valence-corrected chi connectivity index (χ2v) is 6.17. The number of nitrogens with zero attached hydrogens (tertiary/aromatic N) is 2. The molecule has 0 aliphatic carbocycles. The standard InChI is InChI=1S/C15H23ClFN3/c1-11-9-20(8-7-18-11)14(10-19(2)3)15-12(16)5-4-6-13(15)17/h4-6,11,14,18H,7-10H2,1-3H3. The van der Waals surface area contributed by atoms with Crippen LogP contribution in [-0.4, -0.2) is 56.1 Å². The number of benzene rings is 1. The fourth-order valence-corrected chi connectivity index (χ4v) is 3.10. The van der Waals surface area contributed by atoms with E-state index in [0.29, 0.717) is 16.6 Å². The summed E-state index contributed by atoms with van der Waals surface area (Å²) >= 11 is 6.26. The fraction of sp³-hybridized carbons (Fsp3) is 0.600. The Hall–Kier alpha value is -0.680. The van der Waals surface area contributed by atoms with Gasteiger partial charge in [-0.3, -0.25) is 4.90 Å². The largest absolute Gasteiger partial charge is 0.312 e. The zero-order chi connectivity index (χ0) is 14.7. The predicted octanol–water partition coefficient (Wildman–Crippen LogP) is 2.38. The van der Waals surface area contributed by atoms with E-state index < -0.39 is 0 Å². The van der Waals surface area contributed by atoms with E-state index in [-0.39, 0.29) is 11.9 Å². The van der Waals surface area contributed by atoms with Crippen LogP contribution in [0.4, 0.5) is 4.39 Å². The summed E-state index contributed by atoms with van der Waals surface area (Å²) < 4.78 is 14.3. The molecule has 0 spiro atoms. The van der Waals surface area contributed by atoms with Crippen molar-refractivity contribution in [3.8, 4) is 0 Å². The van der Waals surface area contributed by atoms with Crippen LogP contribution in [-0.2, 0) is 0 Å². The van der Waals surface area contributed by atoms with Crippen LogP contribution < -0.4 is 5.32 Å². The monoisotopic (exact) mass is 299 g/mol. The van der Waals surface area contributed by atoms with Crippen LogP contribution in [0.5, 0.6) is 0 Å². The van der Waals surface area contributed by atoms with Gasteiger partial charge in [-0.05, 0) is 33.2 Å². The summed E-state index contributed by atoms with van der Waals surface area (Å²) in [5, 5.41) is 3.94. The van der Waals surface area contributed by atoms with Crippen LogP contribution in [0.3, 0.4) is 0 Å². The fourth-order valence-electron chi connectivity index (χ4n) is 2.81. The maximum atomic E-state index is 14.3. The molecule has 1 heterocycles. The summed E-state index contributed by atoms with van der Waals surface area (Å²) in [6.45, 7) is 5.66. The van der Waals surface area contributed by atoms with Gasteiger partial charge in [-0.25, -0.2) is 4.39 Å². The molecule has 0 saturated carbocycles. The summed E-state index contributed by atoms with van der Waals surface area (Å²) in [6, 6.07) is 5.33. The Kier molecular flexibility index (Phi) is 5.38. The van der Waals surface area contributed by atoms with Crippen LogP contribution in [0.15, 0.2) is 18.2 Å². The normalized spacial score (nSPS) is 22.2. The van der Waals surface area contributed by atoms with Crippen molar-refractivity contribution >= 4 is 11.6 Å². The van der Waals surface area contributed by atoms with Crippen LogP contribution in [0.25, 0.3) is 0 Å². The van der Waals surface area contributed by atoms with Crippen LogP contribution in [0, 0.1) is 5.82 Å². The predicted molar refractivity (Wildman–Crippen MR) is 81.7 cm³/mol. The molecule has 20 heavy (non-hydrogen) atoms. The van der Waals surface area contributed by atoms with Crippen molar-refractivity contribution in [3.05, 3.63) is 34.6 Å². The summed E-state index contributed by atoms with van der Waals surface area (Å²) in [5.74, 6) is -0.212. The first-order valence-corrected chi connectivity index (χ1v) is 7.43. The topological polar surface area (TPSA) is 18.5 Å². The van der Waals surface area contributed by atoms with E-state index in [1.54, 1.807) is 12.1 Å². The lowest BCUT2D eigenvalue weighted by Gasteiger charge is -2.39. The van der Waals surface area contributed by atoms with Gasteiger partial charge < -0.3 is 10.2 Å². The molecular weight excluding hydrogens is 277 g/mol. The van der Waals surface area contributed by atoms with Crippen molar-refractivity contribution in [3.63, 3.8) is 0 Å². The minimum absolute atomic E-state index is 0.0109. The third kappa shape index (κ3) is 3.70. The van der Waals surface area contributed by atoms with Crippen LogP contribution >= 0.6 is 11.6 Å². The molecular formula is C15H23ClFN3. The minimum Gasteiger partial charge on any atom is -0.312 e. The Labute approximate surface area is 125 Å². The maximum absolute atomic E-state index is 14.3. The Morgan fingerprint density at radius 2 is 2.25 bits per heavy atom. The van der Waals surface area contributed by atoms with E-state index in [0.717, 1.165) is 26.2 Å². The molecule has 3 nitrogen and oxygen atoms in total. The van der Waals surface area contributed by atoms with Crippen molar-refractivity contribution in [2.75, 3.05) is 40.3 Å². The third-order valence-electron chi connectivity index (χ3n) is 3.71. The second-order valence-electron chi connectivity index (χ2n) is 5.76. The van der Waals surface area contributed by atoms with Gasteiger partial charge >= 0.3 is 0 Å². The van der Waals surface area contributed by atoms with E-state index in [9.17, 15) is 4.39 Å². The van der Waals surface area contributed by atoms with Crippen LogP contribution in [0.1, 0.15) is 18.5 Å². The molecule has 1 aliphatic rings. The van der Waals surface area contributed by atoms with Gasteiger partial charge in [0.2, 0.25) is 0 Å². The Morgan fingerprint density at radius 1 is 1.50 bits per heavy atom. The summed E-state index contributed by atoms with van der Waals surface area (Å²) in [5.41, 5.74) is 0.622. The smallest absolute Gasteiger partial charge is 0.129 e. The highest BCUT2D eigenvalue weighted by Gasteiger charge is 2.28. The van der Waals surface area contributed by atoms with E-state index in [1.165, 1.54) is 6.07 Å². The van der Waals surface area contributed by atoms with Gasteiger partial charge in [0.1, 0.15) is 5.82 Å². The molecule has 1 N–H and O–H groups in total. The zero-order valence-corrected chi connectivity index (χ0v) is 13.1. The van der Waals surface area contributed by atoms with Gasteiger partial charge in [-0.1, -0.05) is 17.7 Å². The quantitative estimate of drug-likeness (QED) is 0.921. The van der Waals surface area contributed by atoms with Crippen LogP contribution in [0.2, 0.25) is 5.02 Å². The molecule has 0 amide bonds. The lowest BCUT2D eigenvalue weighted by molar-refractivity contribution is 0.123. The first-order valence-electron chi connectivity index (χ1n) is 7.05.